The number of carbonyl (C=O) groups is 1. The van der Waals surface area contributed by atoms with Crippen LogP contribution in [0.4, 0.5) is 0 Å². The van der Waals surface area contributed by atoms with Gasteiger partial charge in [-0.1, -0.05) is 45.0 Å². The molecule has 0 spiro atoms. The van der Waals surface area contributed by atoms with Crippen molar-refractivity contribution >= 4 is 5.91 Å². The van der Waals surface area contributed by atoms with Crippen LogP contribution in [-0.2, 0) is 17.9 Å². The normalized spacial score (nSPS) is 12.4. The van der Waals surface area contributed by atoms with Gasteiger partial charge in [-0.25, -0.2) is 0 Å². The Kier molecular flexibility index (Phi) is 7.26. The number of nitrogens with two attached hydrogens (primary N) is 1. The van der Waals surface area contributed by atoms with E-state index in [4.69, 9.17) is 5.73 Å². The fourth-order valence-electron chi connectivity index (χ4n) is 2.07. The molecule has 0 radical (unpaired) electrons. The Hall–Kier alpha value is -1.39. The summed E-state index contributed by atoms with van der Waals surface area (Å²) in [7, 11) is 0. The molecule has 4 heteroatoms. The zero-order valence-electron chi connectivity index (χ0n) is 12.9. The second-order valence-electron chi connectivity index (χ2n) is 4.96. The number of nitrogens with zero attached hydrogens (tertiary/aromatic N) is 1. The average molecular weight is 277 g/mol. The van der Waals surface area contributed by atoms with Crippen LogP contribution in [0, 0.1) is 0 Å². The first kappa shape index (κ1) is 16.7. The van der Waals surface area contributed by atoms with E-state index in [0.717, 1.165) is 25.2 Å². The highest BCUT2D eigenvalue weighted by molar-refractivity contribution is 5.81. The summed E-state index contributed by atoms with van der Waals surface area (Å²) < 4.78 is 0. The Morgan fingerprint density at radius 3 is 2.35 bits per heavy atom. The van der Waals surface area contributed by atoms with Gasteiger partial charge in [0.1, 0.15) is 0 Å². The third kappa shape index (κ3) is 4.94. The molecular weight excluding hydrogens is 250 g/mol. The number of nitrogens with one attached hydrogen (secondary N) is 1. The average Bonchev–Trinajstić information content (AvgIpc) is 2.50. The Morgan fingerprint density at radius 1 is 1.20 bits per heavy atom. The lowest BCUT2D eigenvalue weighted by molar-refractivity contribution is -0.122. The van der Waals surface area contributed by atoms with E-state index in [2.05, 4.69) is 36.2 Å². The third-order valence-electron chi connectivity index (χ3n) is 3.64. The van der Waals surface area contributed by atoms with E-state index in [9.17, 15) is 4.79 Å². The molecule has 0 aliphatic rings. The molecule has 112 valence electrons. The SMILES string of the molecule is CC[C@H](N)C(=O)NCc1ccccc1CN(CC)CC. The lowest BCUT2D eigenvalue weighted by atomic mass is 10.1. The number of amides is 1. The van der Waals surface area contributed by atoms with Gasteiger partial charge in [0.15, 0.2) is 0 Å². The second kappa shape index (κ2) is 8.72. The van der Waals surface area contributed by atoms with Crippen LogP contribution in [0.1, 0.15) is 38.3 Å². The fraction of sp³-hybridized carbons (Fsp3) is 0.562. The molecule has 0 unspecified atom stereocenters. The van der Waals surface area contributed by atoms with Crippen molar-refractivity contribution in [2.75, 3.05) is 13.1 Å². The topological polar surface area (TPSA) is 58.4 Å². The van der Waals surface area contributed by atoms with Gasteiger partial charge < -0.3 is 11.1 Å². The van der Waals surface area contributed by atoms with Gasteiger partial charge in [-0.15, -0.1) is 0 Å². The second-order valence-corrected chi connectivity index (χ2v) is 4.96. The van der Waals surface area contributed by atoms with Crippen molar-refractivity contribution in [2.45, 2.75) is 46.3 Å². The van der Waals surface area contributed by atoms with Crippen LogP contribution in [-0.4, -0.2) is 29.9 Å². The number of rotatable bonds is 8. The predicted octanol–water partition coefficient (Wildman–Crippen LogP) is 1.88. The van der Waals surface area contributed by atoms with Crippen LogP contribution < -0.4 is 11.1 Å². The van der Waals surface area contributed by atoms with Crippen molar-refractivity contribution in [1.29, 1.82) is 0 Å². The molecule has 1 rings (SSSR count). The molecule has 0 saturated heterocycles. The number of benzene rings is 1. The predicted molar refractivity (Wildman–Crippen MR) is 83.2 cm³/mol. The summed E-state index contributed by atoms with van der Waals surface area (Å²) in [5.74, 6) is -0.0786. The molecule has 0 aliphatic carbocycles. The summed E-state index contributed by atoms with van der Waals surface area (Å²) in [6.45, 7) is 9.75. The molecule has 0 bridgehead atoms. The van der Waals surface area contributed by atoms with E-state index in [1.54, 1.807) is 0 Å². The maximum atomic E-state index is 11.7. The van der Waals surface area contributed by atoms with E-state index >= 15 is 0 Å². The molecule has 1 aromatic carbocycles. The zero-order chi connectivity index (χ0) is 15.0. The van der Waals surface area contributed by atoms with Crippen LogP contribution in [0.25, 0.3) is 0 Å². The molecule has 0 saturated carbocycles. The smallest absolute Gasteiger partial charge is 0.237 e. The van der Waals surface area contributed by atoms with E-state index in [1.807, 2.05) is 19.1 Å². The molecule has 0 heterocycles. The van der Waals surface area contributed by atoms with Crippen LogP contribution in [0.15, 0.2) is 24.3 Å². The van der Waals surface area contributed by atoms with Crippen LogP contribution in [0.2, 0.25) is 0 Å². The first-order chi connectivity index (χ1) is 9.62. The Bertz CT molecular complexity index is 416. The van der Waals surface area contributed by atoms with Crippen molar-refractivity contribution in [3.63, 3.8) is 0 Å². The molecule has 1 aromatic rings. The Morgan fingerprint density at radius 2 is 1.80 bits per heavy atom. The minimum Gasteiger partial charge on any atom is -0.351 e. The third-order valence-corrected chi connectivity index (χ3v) is 3.64. The first-order valence-corrected chi connectivity index (χ1v) is 7.44. The van der Waals surface area contributed by atoms with Crippen molar-refractivity contribution < 1.29 is 4.79 Å². The standard InChI is InChI=1S/C16H27N3O/c1-4-15(17)16(20)18-11-13-9-7-8-10-14(13)12-19(5-2)6-3/h7-10,15H,4-6,11-12,17H2,1-3H3,(H,18,20)/t15-/m0/s1. The highest BCUT2D eigenvalue weighted by Gasteiger charge is 2.11. The molecule has 0 aromatic heterocycles. The maximum Gasteiger partial charge on any atom is 0.237 e. The highest BCUT2D eigenvalue weighted by atomic mass is 16.2. The summed E-state index contributed by atoms with van der Waals surface area (Å²) in [6.07, 6.45) is 0.660. The molecule has 4 nitrogen and oxygen atoms in total. The molecule has 20 heavy (non-hydrogen) atoms. The lowest BCUT2D eigenvalue weighted by Crippen LogP contribution is -2.39. The van der Waals surface area contributed by atoms with Crippen molar-refractivity contribution in [1.82, 2.24) is 10.2 Å². The fourth-order valence-corrected chi connectivity index (χ4v) is 2.07. The van der Waals surface area contributed by atoms with Gasteiger partial charge in [0.05, 0.1) is 6.04 Å². The van der Waals surface area contributed by atoms with Gasteiger partial charge >= 0.3 is 0 Å². The molecule has 1 amide bonds. The van der Waals surface area contributed by atoms with Gasteiger partial charge in [-0.3, -0.25) is 9.69 Å². The summed E-state index contributed by atoms with van der Waals surface area (Å²) in [6, 6.07) is 7.83. The lowest BCUT2D eigenvalue weighted by Gasteiger charge is -2.20. The maximum absolute atomic E-state index is 11.7. The van der Waals surface area contributed by atoms with Crippen molar-refractivity contribution in [2.24, 2.45) is 5.73 Å². The summed E-state index contributed by atoms with van der Waals surface area (Å²) >= 11 is 0. The minimum absolute atomic E-state index is 0.0786. The Balaban J connectivity index is 2.68. The van der Waals surface area contributed by atoms with Crippen molar-refractivity contribution in [3.05, 3.63) is 35.4 Å². The number of hydrogen-bond acceptors (Lipinski definition) is 3. The van der Waals surface area contributed by atoms with E-state index in [0.29, 0.717) is 13.0 Å². The monoisotopic (exact) mass is 277 g/mol. The van der Waals surface area contributed by atoms with Gasteiger partial charge in [0.2, 0.25) is 5.91 Å². The highest BCUT2D eigenvalue weighted by Crippen LogP contribution is 2.11. The van der Waals surface area contributed by atoms with Gasteiger partial charge in [-0.05, 0) is 30.6 Å². The van der Waals surface area contributed by atoms with Crippen LogP contribution in [0.5, 0.6) is 0 Å². The van der Waals surface area contributed by atoms with Gasteiger partial charge in [-0.2, -0.15) is 0 Å². The quantitative estimate of drug-likeness (QED) is 0.763. The van der Waals surface area contributed by atoms with Crippen molar-refractivity contribution in [3.8, 4) is 0 Å². The van der Waals surface area contributed by atoms with Gasteiger partial charge in [0, 0.05) is 13.1 Å². The summed E-state index contributed by atoms with van der Waals surface area (Å²) in [5.41, 5.74) is 8.15. The summed E-state index contributed by atoms with van der Waals surface area (Å²) in [5, 5.41) is 2.92. The number of hydrogen-bond donors (Lipinski definition) is 2. The first-order valence-electron chi connectivity index (χ1n) is 7.44. The van der Waals surface area contributed by atoms with E-state index < -0.39 is 6.04 Å². The number of carbonyl (C=O) groups excluding carboxylic acids is 1. The van der Waals surface area contributed by atoms with E-state index in [-0.39, 0.29) is 5.91 Å². The molecular formula is C16H27N3O. The molecule has 3 N–H and O–H groups in total. The zero-order valence-corrected chi connectivity index (χ0v) is 12.9. The molecule has 1 atom stereocenters. The minimum atomic E-state index is -0.412. The van der Waals surface area contributed by atoms with E-state index in [1.165, 1.54) is 5.56 Å². The Labute approximate surface area is 122 Å². The largest absolute Gasteiger partial charge is 0.351 e. The molecule has 0 fully saturated rings. The van der Waals surface area contributed by atoms with Crippen LogP contribution >= 0.6 is 0 Å². The van der Waals surface area contributed by atoms with Crippen LogP contribution in [0.3, 0.4) is 0 Å². The summed E-state index contributed by atoms with van der Waals surface area (Å²) in [4.78, 5) is 14.1. The van der Waals surface area contributed by atoms with Gasteiger partial charge in [0.25, 0.3) is 0 Å². The molecule has 0 aliphatic heterocycles.